The highest BCUT2D eigenvalue weighted by atomic mass is 35.5. The van der Waals surface area contributed by atoms with E-state index < -0.39 is 5.97 Å². The second kappa shape index (κ2) is 4.77. The van der Waals surface area contributed by atoms with Gasteiger partial charge in [-0.25, -0.2) is 9.78 Å². The van der Waals surface area contributed by atoms with Crippen molar-refractivity contribution in [1.29, 1.82) is 0 Å². The predicted octanol–water partition coefficient (Wildman–Crippen LogP) is 3.39. The number of nitrogens with zero attached hydrogens (tertiary/aromatic N) is 1. The van der Waals surface area contributed by atoms with Crippen molar-refractivity contribution in [2.75, 3.05) is 0 Å². The third kappa shape index (κ3) is 2.43. The van der Waals surface area contributed by atoms with Gasteiger partial charge in [0.25, 0.3) is 0 Å². The summed E-state index contributed by atoms with van der Waals surface area (Å²) in [4.78, 5) is 15.0. The Morgan fingerprint density at radius 3 is 2.47 bits per heavy atom. The number of hydrogen-bond donors (Lipinski definition) is 2. The number of halogens is 1. The smallest absolute Gasteiger partial charge is 0.339 e. The Kier molecular flexibility index (Phi) is 3.36. The minimum atomic E-state index is -1.05. The van der Waals surface area contributed by atoms with E-state index in [1.807, 2.05) is 0 Å². The van der Waals surface area contributed by atoms with E-state index in [0.29, 0.717) is 10.6 Å². The second-order valence-corrected chi connectivity index (χ2v) is 4.23. The van der Waals surface area contributed by atoms with Gasteiger partial charge < -0.3 is 5.11 Å². The highest BCUT2D eigenvalue weighted by molar-refractivity contribution is 7.80. The van der Waals surface area contributed by atoms with Crippen LogP contribution in [0.2, 0.25) is 5.02 Å². The molecule has 2 rings (SSSR count). The summed E-state index contributed by atoms with van der Waals surface area (Å²) in [5.74, 6) is -1.05. The molecular formula is C12H8ClNO2S. The van der Waals surface area contributed by atoms with E-state index in [1.54, 1.807) is 30.3 Å². The molecule has 0 unspecified atom stereocenters. The number of pyridine rings is 1. The molecule has 0 aliphatic rings. The molecule has 0 saturated carbocycles. The summed E-state index contributed by atoms with van der Waals surface area (Å²) >= 11 is 9.85. The van der Waals surface area contributed by atoms with E-state index in [2.05, 4.69) is 17.6 Å². The summed E-state index contributed by atoms with van der Waals surface area (Å²) in [6.07, 6.45) is 1.53. The van der Waals surface area contributed by atoms with Crippen LogP contribution in [0.25, 0.3) is 11.1 Å². The molecule has 1 heterocycles. The van der Waals surface area contributed by atoms with Crippen molar-refractivity contribution in [3.05, 3.63) is 47.1 Å². The Labute approximate surface area is 108 Å². The second-order valence-electron chi connectivity index (χ2n) is 3.37. The molecule has 1 N–H and O–H groups in total. The molecule has 3 nitrogen and oxygen atoms in total. The summed E-state index contributed by atoms with van der Waals surface area (Å²) in [7, 11) is 0. The first-order valence-electron chi connectivity index (χ1n) is 4.77. The lowest BCUT2D eigenvalue weighted by atomic mass is 10.0. The Bertz CT molecular complexity index is 569. The van der Waals surface area contributed by atoms with E-state index in [4.69, 9.17) is 16.7 Å². The van der Waals surface area contributed by atoms with E-state index in [1.165, 1.54) is 6.20 Å². The van der Waals surface area contributed by atoms with Crippen LogP contribution in [0.4, 0.5) is 0 Å². The number of carboxylic acids is 1. The molecule has 5 heteroatoms. The molecule has 0 bridgehead atoms. The summed E-state index contributed by atoms with van der Waals surface area (Å²) in [6.45, 7) is 0. The first kappa shape index (κ1) is 12.0. The Hall–Kier alpha value is -1.52. The first-order chi connectivity index (χ1) is 8.09. The molecule has 0 radical (unpaired) electrons. The monoisotopic (exact) mass is 265 g/mol. The zero-order valence-corrected chi connectivity index (χ0v) is 10.2. The van der Waals surface area contributed by atoms with Crippen LogP contribution >= 0.6 is 24.2 Å². The fourth-order valence-electron chi connectivity index (χ4n) is 1.53. The van der Waals surface area contributed by atoms with Crippen LogP contribution in [0.3, 0.4) is 0 Å². The van der Waals surface area contributed by atoms with Gasteiger partial charge in [0.05, 0.1) is 5.56 Å². The standard InChI is InChI=1S/C12H8ClNO2S/c13-8-3-1-7(2-4-8)9-5-6-14-11(17)10(9)12(15)16/h1-6H,(H,14,17)(H,15,16). The highest BCUT2D eigenvalue weighted by Crippen LogP contribution is 2.27. The van der Waals surface area contributed by atoms with Crippen molar-refractivity contribution < 1.29 is 9.90 Å². The minimum absolute atomic E-state index is 0.0955. The number of benzene rings is 1. The van der Waals surface area contributed by atoms with E-state index in [0.717, 1.165) is 5.56 Å². The SMILES string of the molecule is O=C(O)c1c(-c2ccc(Cl)cc2)ccnc1S. The normalized spacial score (nSPS) is 10.2. The molecule has 2 aromatic rings. The summed E-state index contributed by atoms with van der Waals surface area (Å²) in [5, 5.41) is 9.95. The molecule has 0 spiro atoms. The van der Waals surface area contributed by atoms with Crippen LogP contribution in [0.5, 0.6) is 0 Å². The van der Waals surface area contributed by atoms with Gasteiger partial charge >= 0.3 is 5.97 Å². The van der Waals surface area contributed by atoms with Crippen LogP contribution in [-0.2, 0) is 0 Å². The maximum atomic E-state index is 11.2. The summed E-state index contributed by atoms with van der Waals surface area (Å²) < 4.78 is 0. The maximum absolute atomic E-state index is 11.2. The van der Waals surface area contributed by atoms with Gasteiger partial charge in [0, 0.05) is 16.8 Å². The van der Waals surface area contributed by atoms with Crippen LogP contribution in [0.1, 0.15) is 10.4 Å². The van der Waals surface area contributed by atoms with Crippen molar-refractivity contribution >= 4 is 30.2 Å². The molecule has 0 aliphatic carbocycles. The Morgan fingerprint density at radius 2 is 1.88 bits per heavy atom. The van der Waals surface area contributed by atoms with Gasteiger partial charge in [-0.1, -0.05) is 23.7 Å². The number of carboxylic acid groups (broad SMARTS) is 1. The molecule has 0 fully saturated rings. The van der Waals surface area contributed by atoms with E-state index >= 15 is 0 Å². The fourth-order valence-corrected chi connectivity index (χ4v) is 1.94. The molecule has 0 saturated heterocycles. The van der Waals surface area contributed by atoms with Gasteiger partial charge in [0.1, 0.15) is 5.03 Å². The molecule has 1 aromatic carbocycles. The third-order valence-electron chi connectivity index (χ3n) is 2.30. The zero-order valence-electron chi connectivity index (χ0n) is 8.59. The summed E-state index contributed by atoms with van der Waals surface area (Å²) in [5.41, 5.74) is 1.44. The van der Waals surface area contributed by atoms with Crippen molar-refractivity contribution in [2.45, 2.75) is 5.03 Å². The molecule has 0 amide bonds. The average Bonchev–Trinajstić information content (AvgIpc) is 2.29. The lowest BCUT2D eigenvalue weighted by Gasteiger charge is -2.07. The van der Waals surface area contributed by atoms with Crippen molar-refractivity contribution in [2.24, 2.45) is 0 Å². The highest BCUT2D eigenvalue weighted by Gasteiger charge is 2.15. The molecular weight excluding hydrogens is 258 g/mol. The topological polar surface area (TPSA) is 50.2 Å². The van der Waals surface area contributed by atoms with E-state index in [9.17, 15) is 4.79 Å². The van der Waals surface area contributed by atoms with Gasteiger partial charge in [0.15, 0.2) is 0 Å². The Balaban J connectivity index is 2.63. The molecule has 0 aliphatic heterocycles. The lowest BCUT2D eigenvalue weighted by molar-refractivity contribution is 0.0693. The molecule has 86 valence electrons. The Morgan fingerprint density at radius 1 is 1.24 bits per heavy atom. The molecule has 0 atom stereocenters. The average molecular weight is 266 g/mol. The minimum Gasteiger partial charge on any atom is -0.478 e. The van der Waals surface area contributed by atoms with Crippen LogP contribution in [-0.4, -0.2) is 16.1 Å². The van der Waals surface area contributed by atoms with Crippen molar-refractivity contribution in [3.8, 4) is 11.1 Å². The van der Waals surface area contributed by atoms with Crippen molar-refractivity contribution in [3.63, 3.8) is 0 Å². The van der Waals surface area contributed by atoms with Gasteiger partial charge in [-0.2, -0.15) is 0 Å². The summed E-state index contributed by atoms with van der Waals surface area (Å²) in [6, 6.07) is 8.59. The largest absolute Gasteiger partial charge is 0.478 e. The number of hydrogen-bond acceptors (Lipinski definition) is 3. The molecule has 1 aromatic heterocycles. The van der Waals surface area contributed by atoms with Crippen LogP contribution in [0, 0.1) is 0 Å². The van der Waals surface area contributed by atoms with Gasteiger partial charge in [-0.3, -0.25) is 0 Å². The predicted molar refractivity (Wildman–Crippen MR) is 68.9 cm³/mol. The number of aromatic carboxylic acids is 1. The first-order valence-corrected chi connectivity index (χ1v) is 5.59. The number of carbonyl (C=O) groups is 1. The van der Waals surface area contributed by atoms with E-state index in [-0.39, 0.29) is 10.6 Å². The van der Waals surface area contributed by atoms with Crippen LogP contribution in [0.15, 0.2) is 41.6 Å². The number of aromatic nitrogens is 1. The quantitative estimate of drug-likeness (QED) is 0.819. The zero-order chi connectivity index (χ0) is 12.4. The lowest BCUT2D eigenvalue weighted by Crippen LogP contribution is -2.02. The molecule has 17 heavy (non-hydrogen) atoms. The van der Waals surface area contributed by atoms with Gasteiger partial charge in [-0.05, 0) is 23.8 Å². The number of rotatable bonds is 2. The maximum Gasteiger partial charge on any atom is 0.339 e. The van der Waals surface area contributed by atoms with Gasteiger partial charge in [-0.15, -0.1) is 12.6 Å². The van der Waals surface area contributed by atoms with Crippen molar-refractivity contribution in [1.82, 2.24) is 4.98 Å². The number of thiol groups is 1. The van der Waals surface area contributed by atoms with Crippen LogP contribution < -0.4 is 0 Å². The van der Waals surface area contributed by atoms with Gasteiger partial charge in [0.2, 0.25) is 0 Å². The third-order valence-corrected chi connectivity index (χ3v) is 2.89. The fraction of sp³-hybridized carbons (Fsp3) is 0.